The first kappa shape index (κ1) is 25.0. The van der Waals surface area contributed by atoms with Gasteiger partial charge in [0, 0.05) is 42.8 Å². The molecule has 184 valence electrons. The van der Waals surface area contributed by atoms with Gasteiger partial charge in [0.05, 0.1) is 23.4 Å². The zero-order chi connectivity index (χ0) is 25.3. The third kappa shape index (κ3) is 6.31. The number of carbonyl (C=O) groups excluding carboxylic acids is 2. The number of carbonyl (C=O) groups is 2. The molecule has 8 nitrogen and oxygen atoms in total. The monoisotopic (exact) mass is 501 g/mol. The Balaban J connectivity index is 1.56. The Hall–Kier alpha value is -4.11. The number of aromatic nitrogens is 3. The average molecular weight is 502 g/mol. The Labute approximate surface area is 213 Å². The molecule has 4 aromatic rings. The summed E-state index contributed by atoms with van der Waals surface area (Å²) in [5, 5.41) is 4.91. The molecule has 0 bridgehead atoms. The van der Waals surface area contributed by atoms with E-state index in [1.807, 2.05) is 48.1 Å². The van der Waals surface area contributed by atoms with Gasteiger partial charge in [-0.25, -0.2) is 0 Å². The quantitative estimate of drug-likeness (QED) is 0.345. The van der Waals surface area contributed by atoms with E-state index in [9.17, 15) is 9.59 Å². The van der Waals surface area contributed by atoms with Crippen LogP contribution in [0.2, 0.25) is 0 Å². The van der Waals surface area contributed by atoms with E-state index in [0.29, 0.717) is 42.0 Å². The molecule has 36 heavy (non-hydrogen) atoms. The van der Waals surface area contributed by atoms with Crippen molar-refractivity contribution in [1.82, 2.24) is 19.9 Å². The molecule has 0 unspecified atom stereocenters. The van der Waals surface area contributed by atoms with E-state index in [0.717, 1.165) is 22.7 Å². The Morgan fingerprint density at radius 1 is 1.08 bits per heavy atom. The number of hydrogen-bond donors (Lipinski definition) is 1. The van der Waals surface area contributed by atoms with E-state index < -0.39 is 0 Å². The molecule has 0 atom stereocenters. The highest BCUT2D eigenvalue weighted by molar-refractivity contribution is 7.07. The highest BCUT2D eigenvalue weighted by atomic mass is 32.1. The zero-order valence-electron chi connectivity index (χ0n) is 20.2. The summed E-state index contributed by atoms with van der Waals surface area (Å²) in [6.07, 6.45) is 5.36. The number of pyridine rings is 2. The molecule has 0 fully saturated rings. The van der Waals surface area contributed by atoms with Crippen LogP contribution in [0.1, 0.15) is 39.8 Å². The van der Waals surface area contributed by atoms with Crippen LogP contribution < -0.4 is 14.9 Å². The predicted octanol–water partition coefficient (Wildman–Crippen LogP) is 4.27. The van der Waals surface area contributed by atoms with Crippen molar-refractivity contribution in [3.05, 3.63) is 94.1 Å². The number of nitrogens with one attached hydrogen (secondary N) is 1. The van der Waals surface area contributed by atoms with Gasteiger partial charge in [-0.1, -0.05) is 0 Å². The summed E-state index contributed by atoms with van der Waals surface area (Å²) in [5.41, 5.74) is 3.72. The maximum atomic E-state index is 12.8. The van der Waals surface area contributed by atoms with Crippen molar-refractivity contribution in [3.63, 3.8) is 0 Å². The fraction of sp³-hybridized carbons (Fsp3) is 0.222. The second kappa shape index (κ2) is 12.0. The lowest BCUT2D eigenvalue weighted by Crippen LogP contribution is -2.26. The lowest BCUT2D eigenvalue weighted by atomic mass is 10.1. The number of thiazole rings is 1. The molecule has 0 aliphatic carbocycles. The van der Waals surface area contributed by atoms with Gasteiger partial charge in [0.2, 0.25) is 0 Å². The second-order valence-electron chi connectivity index (χ2n) is 7.97. The number of rotatable bonds is 9. The van der Waals surface area contributed by atoms with Crippen molar-refractivity contribution in [1.29, 1.82) is 0 Å². The van der Waals surface area contributed by atoms with Gasteiger partial charge in [-0.2, -0.15) is 4.99 Å². The molecule has 9 heteroatoms. The van der Waals surface area contributed by atoms with E-state index >= 15 is 0 Å². The Kier molecular flexibility index (Phi) is 8.36. The third-order valence-corrected chi connectivity index (χ3v) is 6.25. The van der Waals surface area contributed by atoms with Crippen LogP contribution in [0.5, 0.6) is 5.75 Å². The van der Waals surface area contributed by atoms with Crippen LogP contribution in [-0.4, -0.2) is 39.5 Å². The predicted molar refractivity (Wildman–Crippen MR) is 139 cm³/mol. The van der Waals surface area contributed by atoms with Crippen molar-refractivity contribution < 1.29 is 14.3 Å². The van der Waals surface area contributed by atoms with Crippen LogP contribution in [0.3, 0.4) is 0 Å². The molecule has 2 amide bonds. The van der Waals surface area contributed by atoms with E-state index in [2.05, 4.69) is 20.3 Å². The molecule has 0 radical (unpaired) electrons. The molecule has 0 spiro atoms. The third-order valence-electron chi connectivity index (χ3n) is 5.38. The van der Waals surface area contributed by atoms with Gasteiger partial charge in [0.15, 0.2) is 4.80 Å². The Morgan fingerprint density at radius 2 is 1.92 bits per heavy atom. The Bertz CT molecular complexity index is 1380. The molecule has 1 N–H and O–H groups in total. The Morgan fingerprint density at radius 3 is 2.61 bits per heavy atom. The maximum Gasteiger partial charge on any atom is 0.281 e. The maximum absolute atomic E-state index is 12.8. The van der Waals surface area contributed by atoms with E-state index in [4.69, 9.17) is 4.74 Å². The number of benzene rings is 1. The normalized spacial score (nSPS) is 11.3. The van der Waals surface area contributed by atoms with Gasteiger partial charge in [0.25, 0.3) is 11.8 Å². The van der Waals surface area contributed by atoms with Gasteiger partial charge in [-0.15, -0.1) is 11.3 Å². The summed E-state index contributed by atoms with van der Waals surface area (Å²) in [6.45, 7) is 5.45. The van der Waals surface area contributed by atoms with Crippen molar-refractivity contribution in [2.24, 2.45) is 4.99 Å². The van der Waals surface area contributed by atoms with Gasteiger partial charge in [-0.05, 0) is 74.4 Å². The molecule has 4 rings (SSSR count). The van der Waals surface area contributed by atoms with Gasteiger partial charge < -0.3 is 14.6 Å². The minimum absolute atomic E-state index is 0.169. The molecule has 3 aromatic heterocycles. The number of hydrogen-bond acceptors (Lipinski definition) is 6. The lowest BCUT2D eigenvalue weighted by Gasteiger charge is -2.11. The van der Waals surface area contributed by atoms with E-state index in [-0.39, 0.29) is 11.8 Å². The molecule has 0 aliphatic rings. The first-order chi connectivity index (χ1) is 17.5. The number of amides is 2. The topological polar surface area (TPSA) is 98.5 Å². The largest absolute Gasteiger partial charge is 0.494 e. The van der Waals surface area contributed by atoms with E-state index in [1.54, 1.807) is 36.7 Å². The van der Waals surface area contributed by atoms with Crippen molar-refractivity contribution in [2.75, 3.05) is 13.2 Å². The summed E-state index contributed by atoms with van der Waals surface area (Å²) < 4.78 is 7.57. The minimum Gasteiger partial charge on any atom is -0.494 e. The molecular weight excluding hydrogens is 474 g/mol. The summed E-state index contributed by atoms with van der Waals surface area (Å²) in [4.78, 5) is 38.3. The van der Waals surface area contributed by atoms with Crippen molar-refractivity contribution in [2.45, 2.75) is 26.8 Å². The van der Waals surface area contributed by atoms with Gasteiger partial charge in [-0.3, -0.25) is 19.6 Å². The van der Waals surface area contributed by atoms with Crippen LogP contribution in [0, 0.1) is 6.92 Å². The van der Waals surface area contributed by atoms with Crippen LogP contribution in [0.25, 0.3) is 11.3 Å². The van der Waals surface area contributed by atoms with Gasteiger partial charge >= 0.3 is 0 Å². The number of nitrogens with zero attached hydrogens (tertiary/aromatic N) is 4. The van der Waals surface area contributed by atoms with E-state index in [1.165, 1.54) is 17.5 Å². The molecule has 0 saturated carbocycles. The smallest absolute Gasteiger partial charge is 0.281 e. The highest BCUT2D eigenvalue weighted by Gasteiger charge is 2.12. The number of ether oxygens (including phenoxy) is 1. The van der Waals surface area contributed by atoms with Crippen molar-refractivity contribution in [3.8, 4) is 17.0 Å². The van der Waals surface area contributed by atoms with Crippen LogP contribution in [0.15, 0.2) is 77.5 Å². The minimum atomic E-state index is -0.346. The fourth-order valence-corrected chi connectivity index (χ4v) is 4.47. The summed E-state index contributed by atoms with van der Waals surface area (Å²) in [6, 6.07) is 14.8. The van der Waals surface area contributed by atoms with Gasteiger partial charge in [0.1, 0.15) is 5.75 Å². The first-order valence-electron chi connectivity index (χ1n) is 11.7. The van der Waals surface area contributed by atoms with Crippen LogP contribution in [0.4, 0.5) is 0 Å². The first-order valence-corrected chi connectivity index (χ1v) is 12.5. The summed E-state index contributed by atoms with van der Waals surface area (Å²) in [5.74, 6) is 0.284. The average Bonchev–Trinajstić information content (AvgIpc) is 3.30. The highest BCUT2D eigenvalue weighted by Crippen LogP contribution is 2.23. The SMILES string of the molecule is CCOc1ccc(-c2csc(=NC(=O)c3ccc(C)nc3)n2CCCNC(=O)c2cccnc2)cc1. The molecule has 0 aliphatic heterocycles. The summed E-state index contributed by atoms with van der Waals surface area (Å²) >= 11 is 1.40. The summed E-state index contributed by atoms with van der Waals surface area (Å²) in [7, 11) is 0. The second-order valence-corrected chi connectivity index (χ2v) is 8.81. The molecule has 3 heterocycles. The number of aryl methyl sites for hydroxylation is 1. The lowest BCUT2D eigenvalue weighted by molar-refractivity contribution is 0.0951. The van der Waals surface area contributed by atoms with Crippen molar-refractivity contribution >= 4 is 23.2 Å². The van der Waals surface area contributed by atoms with Crippen LogP contribution >= 0.6 is 11.3 Å². The fourth-order valence-electron chi connectivity index (χ4n) is 3.54. The molecular formula is C27H27N5O3S. The molecule has 0 saturated heterocycles. The standard InChI is InChI=1S/C27H27N5O3S/c1-3-35-23-11-9-20(10-12-23)24-18-36-27(31-26(34)22-8-7-19(2)30-17-22)32(24)15-5-14-29-25(33)21-6-4-13-28-16-21/h4,6-13,16-18H,3,5,14-15H2,1-2H3,(H,29,33). The van der Waals surface area contributed by atoms with Crippen LogP contribution in [-0.2, 0) is 6.54 Å². The molecule has 1 aromatic carbocycles. The zero-order valence-corrected chi connectivity index (χ0v) is 21.0.